The Labute approximate surface area is 177 Å². The number of hydrogen-bond donors (Lipinski definition) is 1. The number of pyridine rings is 1. The number of ether oxygens (including phenoxy) is 1. The van der Waals surface area contributed by atoms with Gasteiger partial charge in [-0.2, -0.15) is 17.9 Å². The molecule has 8 nitrogen and oxygen atoms in total. The molecule has 3 heterocycles. The molecule has 0 radical (unpaired) electrons. The lowest BCUT2D eigenvalue weighted by molar-refractivity contribution is -0.140. The van der Waals surface area contributed by atoms with Crippen LogP contribution >= 0.6 is 11.3 Å². The Morgan fingerprint density at radius 2 is 1.97 bits per heavy atom. The number of halogens is 3. The quantitative estimate of drug-likeness (QED) is 0.504. The Bertz CT molecular complexity index is 1300. The fourth-order valence-electron chi connectivity index (χ4n) is 3.05. The molecule has 160 valence electrons. The lowest BCUT2D eigenvalue weighted by Gasteiger charge is -2.11. The molecule has 0 aliphatic heterocycles. The van der Waals surface area contributed by atoms with Crippen LogP contribution in [-0.4, -0.2) is 38.2 Å². The molecular weight excluding hydrogens is 433 g/mol. The van der Waals surface area contributed by atoms with Gasteiger partial charge in [0.25, 0.3) is 5.91 Å². The number of nitrogens with zero attached hydrogens (tertiary/aromatic N) is 5. The largest absolute Gasteiger partial charge is 0.494 e. The number of carbonyl (C=O) groups excluding carboxylic acids is 1. The van der Waals surface area contributed by atoms with Gasteiger partial charge in [-0.3, -0.25) is 4.79 Å². The highest BCUT2D eigenvalue weighted by Gasteiger charge is 2.33. The normalized spacial score (nSPS) is 11.7. The number of thiophene rings is 1. The van der Waals surface area contributed by atoms with Crippen molar-refractivity contribution in [3.63, 3.8) is 0 Å². The minimum Gasteiger partial charge on any atom is -0.494 e. The van der Waals surface area contributed by atoms with E-state index in [0.29, 0.717) is 33.9 Å². The second-order valence-electron chi connectivity index (χ2n) is 6.58. The number of amides is 1. The number of aryl methyl sites for hydroxylation is 2. The molecule has 0 aliphatic carbocycles. The van der Waals surface area contributed by atoms with Crippen molar-refractivity contribution >= 4 is 33.1 Å². The predicted octanol–water partition coefficient (Wildman–Crippen LogP) is 4.17. The Hall–Kier alpha value is -3.54. The standard InChI is InChI=1S/C19H15F3N6O2S/c1-9-12-5-7-15(19(20,21)22)24-18(12)31-16(9)17(29)23-11-4-6-14(30-3)13(8-11)28-10(2)25-26-27-28/h4-8H,1-3H3,(H,23,29). The van der Waals surface area contributed by atoms with Gasteiger partial charge in [-0.25, -0.2) is 4.98 Å². The second-order valence-corrected chi connectivity index (χ2v) is 7.58. The van der Waals surface area contributed by atoms with Crippen molar-refractivity contribution in [2.75, 3.05) is 12.4 Å². The lowest BCUT2D eigenvalue weighted by atomic mass is 10.1. The summed E-state index contributed by atoms with van der Waals surface area (Å²) in [6, 6.07) is 7.18. The van der Waals surface area contributed by atoms with E-state index in [1.807, 2.05) is 0 Å². The number of anilines is 1. The van der Waals surface area contributed by atoms with Gasteiger partial charge < -0.3 is 10.1 Å². The van der Waals surface area contributed by atoms with E-state index in [1.54, 1.807) is 32.0 Å². The molecule has 0 spiro atoms. The van der Waals surface area contributed by atoms with Gasteiger partial charge >= 0.3 is 6.18 Å². The Morgan fingerprint density at radius 3 is 2.61 bits per heavy atom. The minimum atomic E-state index is -4.55. The van der Waals surface area contributed by atoms with Gasteiger partial charge in [0.15, 0.2) is 5.82 Å². The summed E-state index contributed by atoms with van der Waals surface area (Å²) in [7, 11) is 1.50. The lowest BCUT2D eigenvalue weighted by Crippen LogP contribution is -2.12. The van der Waals surface area contributed by atoms with Crippen LogP contribution in [0, 0.1) is 13.8 Å². The number of rotatable bonds is 4. The van der Waals surface area contributed by atoms with Gasteiger partial charge in [-0.1, -0.05) is 0 Å². The summed E-state index contributed by atoms with van der Waals surface area (Å²) >= 11 is 0.908. The molecule has 31 heavy (non-hydrogen) atoms. The summed E-state index contributed by atoms with van der Waals surface area (Å²) in [5.41, 5.74) is 0.525. The summed E-state index contributed by atoms with van der Waals surface area (Å²) in [5.74, 6) is 0.558. The molecule has 3 aromatic heterocycles. The molecule has 1 amide bonds. The number of benzene rings is 1. The molecule has 4 aromatic rings. The van der Waals surface area contributed by atoms with E-state index in [-0.39, 0.29) is 9.71 Å². The minimum absolute atomic E-state index is 0.150. The first-order chi connectivity index (χ1) is 14.7. The highest BCUT2D eigenvalue weighted by molar-refractivity contribution is 7.20. The van der Waals surface area contributed by atoms with Gasteiger partial charge in [0.1, 0.15) is 22.0 Å². The van der Waals surface area contributed by atoms with Gasteiger partial charge in [0.05, 0.1) is 12.0 Å². The number of alkyl halides is 3. The Kier molecular flexibility index (Phi) is 5.09. The summed E-state index contributed by atoms with van der Waals surface area (Å²) in [6.45, 7) is 3.39. The number of hydrogen-bond acceptors (Lipinski definition) is 7. The molecule has 0 bridgehead atoms. The van der Waals surface area contributed by atoms with Gasteiger partial charge in [0, 0.05) is 11.1 Å². The van der Waals surface area contributed by atoms with E-state index >= 15 is 0 Å². The third-order valence-electron chi connectivity index (χ3n) is 4.59. The van der Waals surface area contributed by atoms with Crippen molar-refractivity contribution in [1.82, 2.24) is 25.2 Å². The maximum Gasteiger partial charge on any atom is 0.433 e. The molecule has 0 aliphatic rings. The predicted molar refractivity (Wildman–Crippen MR) is 108 cm³/mol. The van der Waals surface area contributed by atoms with Crippen LogP contribution in [0.15, 0.2) is 30.3 Å². The number of carbonyl (C=O) groups is 1. The highest BCUT2D eigenvalue weighted by Crippen LogP contribution is 2.35. The van der Waals surface area contributed by atoms with Crippen molar-refractivity contribution in [3.8, 4) is 11.4 Å². The van der Waals surface area contributed by atoms with Crippen molar-refractivity contribution in [1.29, 1.82) is 0 Å². The smallest absolute Gasteiger partial charge is 0.433 e. The van der Waals surface area contributed by atoms with Crippen LogP contribution in [0.5, 0.6) is 5.75 Å². The fourth-order valence-corrected chi connectivity index (χ4v) is 4.12. The maximum absolute atomic E-state index is 13.0. The molecule has 0 saturated heterocycles. The van der Waals surface area contributed by atoms with Crippen LogP contribution in [0.1, 0.15) is 26.8 Å². The van der Waals surface area contributed by atoms with E-state index in [4.69, 9.17) is 4.74 Å². The molecule has 0 unspecified atom stereocenters. The van der Waals surface area contributed by atoms with Crippen LogP contribution in [0.4, 0.5) is 18.9 Å². The molecule has 4 rings (SSSR count). The monoisotopic (exact) mass is 448 g/mol. The average Bonchev–Trinajstić information content (AvgIpc) is 3.30. The van der Waals surface area contributed by atoms with E-state index < -0.39 is 17.8 Å². The molecule has 0 fully saturated rings. The molecule has 1 N–H and O–H groups in total. The Balaban J connectivity index is 1.68. The number of tetrazole rings is 1. The van der Waals surface area contributed by atoms with E-state index in [2.05, 4.69) is 25.8 Å². The molecule has 0 saturated carbocycles. The van der Waals surface area contributed by atoms with Crippen molar-refractivity contribution in [2.24, 2.45) is 0 Å². The Morgan fingerprint density at radius 1 is 1.19 bits per heavy atom. The molecule has 0 atom stereocenters. The molecule has 1 aromatic carbocycles. The molecule has 12 heteroatoms. The summed E-state index contributed by atoms with van der Waals surface area (Å²) in [6.07, 6.45) is -4.55. The van der Waals surface area contributed by atoms with Crippen LogP contribution in [0.25, 0.3) is 15.9 Å². The van der Waals surface area contributed by atoms with Gasteiger partial charge in [-0.05, 0) is 60.2 Å². The zero-order chi connectivity index (χ0) is 22.3. The number of methoxy groups -OCH3 is 1. The van der Waals surface area contributed by atoms with E-state index in [9.17, 15) is 18.0 Å². The van der Waals surface area contributed by atoms with E-state index in [0.717, 1.165) is 17.4 Å². The summed E-state index contributed by atoms with van der Waals surface area (Å²) in [4.78, 5) is 17.0. The SMILES string of the molecule is COc1ccc(NC(=O)c2sc3nc(C(F)(F)F)ccc3c2C)cc1-n1nnnc1C. The maximum atomic E-state index is 13.0. The van der Waals surface area contributed by atoms with E-state index in [1.165, 1.54) is 17.9 Å². The van der Waals surface area contributed by atoms with Crippen molar-refractivity contribution in [2.45, 2.75) is 20.0 Å². The number of nitrogens with one attached hydrogen (secondary N) is 1. The van der Waals surface area contributed by atoms with Crippen molar-refractivity contribution in [3.05, 3.63) is 52.3 Å². The van der Waals surface area contributed by atoms with Crippen LogP contribution in [0.3, 0.4) is 0 Å². The van der Waals surface area contributed by atoms with Crippen molar-refractivity contribution < 1.29 is 22.7 Å². The number of fused-ring (bicyclic) bond motifs is 1. The van der Waals surface area contributed by atoms with Crippen LogP contribution in [0.2, 0.25) is 0 Å². The zero-order valence-electron chi connectivity index (χ0n) is 16.5. The summed E-state index contributed by atoms with van der Waals surface area (Å²) < 4.78 is 45.7. The topological polar surface area (TPSA) is 94.8 Å². The van der Waals surface area contributed by atoms with Gasteiger partial charge in [-0.15, -0.1) is 16.4 Å². The highest BCUT2D eigenvalue weighted by atomic mass is 32.1. The van der Waals surface area contributed by atoms with Crippen LogP contribution in [-0.2, 0) is 6.18 Å². The average molecular weight is 448 g/mol. The first-order valence-corrected chi connectivity index (χ1v) is 9.72. The second kappa shape index (κ2) is 7.61. The first kappa shape index (κ1) is 20.7. The number of aromatic nitrogens is 5. The zero-order valence-corrected chi connectivity index (χ0v) is 17.3. The van der Waals surface area contributed by atoms with Crippen LogP contribution < -0.4 is 10.1 Å². The molecular formula is C19H15F3N6O2S. The third kappa shape index (κ3) is 3.81. The first-order valence-electron chi connectivity index (χ1n) is 8.91. The summed E-state index contributed by atoms with van der Waals surface area (Å²) in [5, 5.41) is 14.6. The fraction of sp³-hybridized carbons (Fsp3) is 0.211. The third-order valence-corrected chi connectivity index (χ3v) is 5.79. The van der Waals surface area contributed by atoms with Gasteiger partial charge in [0.2, 0.25) is 0 Å².